The van der Waals surface area contributed by atoms with Crippen molar-refractivity contribution in [3.8, 4) is 0 Å². The quantitative estimate of drug-likeness (QED) is 0.848. The second-order valence-electron chi connectivity index (χ2n) is 5.26. The van der Waals surface area contributed by atoms with Crippen LogP contribution in [0.3, 0.4) is 0 Å². The number of hydrogen-bond donors (Lipinski definition) is 2. The highest BCUT2D eigenvalue weighted by Crippen LogP contribution is 2.29. The van der Waals surface area contributed by atoms with Gasteiger partial charge in [0.1, 0.15) is 11.5 Å². The Morgan fingerprint density at radius 3 is 2.38 bits per heavy atom. The van der Waals surface area contributed by atoms with Crippen molar-refractivity contribution < 1.29 is 12.8 Å². The summed E-state index contributed by atoms with van der Waals surface area (Å²) >= 11 is 0. The van der Waals surface area contributed by atoms with Gasteiger partial charge in [-0.1, -0.05) is 0 Å². The van der Waals surface area contributed by atoms with Crippen molar-refractivity contribution in [2.45, 2.75) is 31.7 Å². The molecule has 0 saturated carbocycles. The maximum Gasteiger partial charge on any atom is 0.175 e. The summed E-state index contributed by atoms with van der Waals surface area (Å²) in [7, 11) is -3.25. The summed E-state index contributed by atoms with van der Waals surface area (Å²) in [6, 6.07) is 6.69. The highest BCUT2D eigenvalue weighted by Gasteiger charge is 2.15. The predicted octanol–water partition coefficient (Wildman–Crippen LogP) is 3.06. The highest BCUT2D eigenvalue weighted by atomic mass is 32.2. The Labute approximate surface area is 125 Å². The number of nitrogen functional groups attached to an aromatic ring is 1. The minimum atomic E-state index is -3.25. The van der Waals surface area contributed by atoms with Crippen molar-refractivity contribution >= 4 is 21.2 Å². The van der Waals surface area contributed by atoms with Gasteiger partial charge in [-0.2, -0.15) is 0 Å². The van der Waals surface area contributed by atoms with Crippen molar-refractivity contribution in [2.24, 2.45) is 0 Å². The number of sulfone groups is 1. The van der Waals surface area contributed by atoms with Crippen LogP contribution in [0.5, 0.6) is 0 Å². The van der Waals surface area contributed by atoms with Gasteiger partial charge in [-0.15, -0.1) is 0 Å². The topological polar surface area (TPSA) is 85.3 Å². The van der Waals surface area contributed by atoms with Crippen LogP contribution < -0.4 is 11.1 Å². The van der Waals surface area contributed by atoms with Gasteiger partial charge in [-0.05, 0) is 45.0 Å². The Kier molecular flexibility index (Phi) is 4.00. The molecule has 2 rings (SSSR count). The molecule has 1 aromatic heterocycles. The largest absolute Gasteiger partial charge is 0.466 e. The zero-order valence-electron chi connectivity index (χ0n) is 12.6. The van der Waals surface area contributed by atoms with Gasteiger partial charge >= 0.3 is 0 Å². The fraction of sp³-hybridized carbons (Fsp3) is 0.333. The first-order valence-corrected chi connectivity index (χ1v) is 8.50. The molecule has 3 N–H and O–H groups in total. The Morgan fingerprint density at radius 1 is 1.24 bits per heavy atom. The number of nitrogens with two attached hydrogens (primary N) is 1. The molecule has 0 amide bonds. The Hall–Kier alpha value is -1.95. The van der Waals surface area contributed by atoms with Crippen LogP contribution >= 0.6 is 0 Å². The van der Waals surface area contributed by atoms with Crippen molar-refractivity contribution in [2.75, 3.05) is 17.3 Å². The van der Waals surface area contributed by atoms with Gasteiger partial charge in [0.15, 0.2) is 9.84 Å². The fourth-order valence-corrected chi connectivity index (χ4v) is 2.95. The van der Waals surface area contributed by atoms with E-state index in [0.717, 1.165) is 23.3 Å². The summed E-state index contributed by atoms with van der Waals surface area (Å²) in [6.07, 6.45) is 1.16. The van der Waals surface area contributed by atoms with Crippen molar-refractivity contribution in [3.05, 3.63) is 41.3 Å². The van der Waals surface area contributed by atoms with Crippen LogP contribution in [0.2, 0.25) is 0 Å². The molecule has 0 spiro atoms. The summed E-state index contributed by atoms with van der Waals surface area (Å²) in [5.41, 5.74) is 8.10. The van der Waals surface area contributed by atoms with Crippen LogP contribution in [-0.2, 0) is 9.84 Å². The number of hydrogen-bond acceptors (Lipinski definition) is 5. The van der Waals surface area contributed by atoms with E-state index < -0.39 is 9.84 Å². The van der Waals surface area contributed by atoms with Gasteiger partial charge < -0.3 is 15.5 Å². The second kappa shape index (κ2) is 5.44. The third kappa shape index (κ3) is 3.39. The number of aryl methyl sites for hydroxylation is 2. The van der Waals surface area contributed by atoms with E-state index in [9.17, 15) is 8.42 Å². The number of benzene rings is 1. The van der Waals surface area contributed by atoms with Crippen LogP contribution in [0, 0.1) is 13.8 Å². The van der Waals surface area contributed by atoms with Gasteiger partial charge in [0, 0.05) is 11.8 Å². The molecule has 0 bridgehead atoms. The molecule has 1 aromatic carbocycles. The maximum absolute atomic E-state index is 11.5. The third-order valence-electron chi connectivity index (χ3n) is 3.37. The van der Waals surface area contributed by atoms with Crippen LogP contribution in [0.15, 0.2) is 33.6 Å². The standard InChI is InChI=1S/C15H20N2O3S/c1-9-7-13(11(3)20-9)10(2)17-15-6-5-12(8-14(15)16)21(4,18)19/h5-8,10,17H,16H2,1-4H3. The Balaban J connectivity index is 2.26. The highest BCUT2D eigenvalue weighted by molar-refractivity contribution is 7.90. The number of furan rings is 1. The first-order valence-electron chi connectivity index (χ1n) is 6.61. The predicted molar refractivity (Wildman–Crippen MR) is 84.2 cm³/mol. The molecule has 6 heteroatoms. The SMILES string of the molecule is Cc1cc(C(C)Nc2ccc(S(C)(=O)=O)cc2N)c(C)o1. The smallest absolute Gasteiger partial charge is 0.175 e. The van der Waals surface area contributed by atoms with E-state index in [1.54, 1.807) is 12.1 Å². The van der Waals surface area contributed by atoms with Crippen molar-refractivity contribution in [1.29, 1.82) is 0 Å². The molecule has 0 saturated heterocycles. The van der Waals surface area contributed by atoms with Crippen LogP contribution in [0.4, 0.5) is 11.4 Å². The van der Waals surface area contributed by atoms with E-state index in [4.69, 9.17) is 10.2 Å². The minimum absolute atomic E-state index is 0.00818. The third-order valence-corrected chi connectivity index (χ3v) is 4.48. The van der Waals surface area contributed by atoms with E-state index in [1.165, 1.54) is 6.07 Å². The van der Waals surface area contributed by atoms with Crippen molar-refractivity contribution in [3.63, 3.8) is 0 Å². The molecule has 0 aliphatic heterocycles. The molecule has 114 valence electrons. The van der Waals surface area contributed by atoms with Gasteiger partial charge in [-0.25, -0.2) is 8.42 Å². The summed E-state index contributed by atoms with van der Waals surface area (Å²) in [4.78, 5) is 0.216. The van der Waals surface area contributed by atoms with Crippen LogP contribution in [-0.4, -0.2) is 14.7 Å². The molecular weight excluding hydrogens is 288 g/mol. The summed E-state index contributed by atoms with van der Waals surface area (Å²) < 4.78 is 28.5. The molecule has 0 aliphatic carbocycles. The Bertz CT molecular complexity index is 763. The van der Waals surface area contributed by atoms with E-state index in [2.05, 4.69) is 5.32 Å². The van der Waals surface area contributed by atoms with Crippen LogP contribution in [0.25, 0.3) is 0 Å². The van der Waals surface area contributed by atoms with Gasteiger partial charge in [0.25, 0.3) is 0 Å². The molecule has 0 fully saturated rings. The van der Waals surface area contributed by atoms with E-state index in [0.29, 0.717) is 11.4 Å². The molecule has 2 aromatic rings. The normalized spacial score (nSPS) is 13.1. The van der Waals surface area contributed by atoms with E-state index in [-0.39, 0.29) is 10.9 Å². The Morgan fingerprint density at radius 2 is 1.90 bits per heavy atom. The lowest BCUT2D eigenvalue weighted by Gasteiger charge is -2.17. The minimum Gasteiger partial charge on any atom is -0.466 e. The summed E-state index contributed by atoms with van der Waals surface area (Å²) in [5, 5.41) is 3.28. The number of nitrogens with one attached hydrogen (secondary N) is 1. The van der Waals surface area contributed by atoms with E-state index >= 15 is 0 Å². The zero-order valence-corrected chi connectivity index (χ0v) is 13.4. The first-order chi connectivity index (χ1) is 9.68. The molecule has 1 atom stereocenters. The van der Waals surface area contributed by atoms with Crippen LogP contribution in [0.1, 0.15) is 30.0 Å². The van der Waals surface area contributed by atoms with Crippen molar-refractivity contribution in [1.82, 2.24) is 0 Å². The average Bonchev–Trinajstić information content (AvgIpc) is 2.69. The van der Waals surface area contributed by atoms with E-state index in [1.807, 2.05) is 26.8 Å². The summed E-state index contributed by atoms with van der Waals surface area (Å²) in [5.74, 6) is 1.72. The zero-order chi connectivity index (χ0) is 15.8. The lowest BCUT2D eigenvalue weighted by Crippen LogP contribution is -2.09. The first kappa shape index (κ1) is 15.4. The molecule has 21 heavy (non-hydrogen) atoms. The van der Waals surface area contributed by atoms with Gasteiger partial charge in [0.05, 0.1) is 22.3 Å². The molecule has 0 radical (unpaired) electrons. The average molecular weight is 308 g/mol. The molecule has 1 heterocycles. The molecular formula is C15H20N2O3S. The van der Waals surface area contributed by atoms with Gasteiger partial charge in [-0.3, -0.25) is 0 Å². The fourth-order valence-electron chi connectivity index (χ4n) is 2.29. The molecule has 1 unspecified atom stereocenters. The molecule has 5 nitrogen and oxygen atoms in total. The lowest BCUT2D eigenvalue weighted by molar-refractivity contribution is 0.500. The number of anilines is 2. The molecule has 0 aliphatic rings. The monoisotopic (exact) mass is 308 g/mol. The number of rotatable bonds is 4. The lowest BCUT2D eigenvalue weighted by atomic mass is 10.1. The second-order valence-corrected chi connectivity index (χ2v) is 7.27. The summed E-state index contributed by atoms with van der Waals surface area (Å²) in [6.45, 7) is 5.82. The van der Waals surface area contributed by atoms with Gasteiger partial charge in [0.2, 0.25) is 0 Å². The maximum atomic E-state index is 11.5.